The molecule has 0 N–H and O–H groups in total. The monoisotopic (exact) mass is 384 g/mol. The Balaban J connectivity index is 1.41. The minimum Gasteiger partial charge on any atom is -0.331 e. The van der Waals surface area contributed by atoms with Gasteiger partial charge in [-0.25, -0.2) is 9.97 Å². The highest BCUT2D eigenvalue weighted by atomic mass is 16.2. The SMILES string of the molecule is O=C(c1cnc2c(c1)ncn2Cc1cccnc1)N1CCCC1c1cccnc1. The highest BCUT2D eigenvalue weighted by Gasteiger charge is 2.31. The Kier molecular flexibility index (Phi) is 4.48. The highest BCUT2D eigenvalue weighted by Crippen LogP contribution is 2.32. The Bertz CT molecular complexity index is 1140. The largest absolute Gasteiger partial charge is 0.331 e. The highest BCUT2D eigenvalue weighted by molar-refractivity contribution is 5.96. The topological polar surface area (TPSA) is 76.8 Å². The summed E-state index contributed by atoms with van der Waals surface area (Å²) in [4.78, 5) is 32.5. The molecule has 7 nitrogen and oxygen atoms in total. The van der Waals surface area contributed by atoms with Gasteiger partial charge in [-0.15, -0.1) is 0 Å². The summed E-state index contributed by atoms with van der Waals surface area (Å²) in [6.45, 7) is 1.38. The molecule has 1 aliphatic rings. The van der Waals surface area contributed by atoms with Crippen molar-refractivity contribution in [3.8, 4) is 0 Å². The van der Waals surface area contributed by atoms with Crippen molar-refractivity contribution in [1.29, 1.82) is 0 Å². The Labute approximate surface area is 168 Å². The normalized spacial score (nSPS) is 16.4. The van der Waals surface area contributed by atoms with Gasteiger partial charge in [0.25, 0.3) is 5.91 Å². The van der Waals surface area contributed by atoms with Gasteiger partial charge in [-0.1, -0.05) is 12.1 Å². The zero-order valence-corrected chi connectivity index (χ0v) is 15.8. The summed E-state index contributed by atoms with van der Waals surface area (Å²) < 4.78 is 1.97. The summed E-state index contributed by atoms with van der Waals surface area (Å²) in [5, 5.41) is 0. The zero-order chi connectivity index (χ0) is 19.6. The van der Waals surface area contributed by atoms with Crippen molar-refractivity contribution < 1.29 is 4.79 Å². The molecule has 5 heterocycles. The molecule has 1 atom stereocenters. The first-order chi connectivity index (χ1) is 14.3. The molecule has 1 aliphatic heterocycles. The average molecular weight is 384 g/mol. The van der Waals surface area contributed by atoms with E-state index in [-0.39, 0.29) is 11.9 Å². The van der Waals surface area contributed by atoms with Crippen molar-refractivity contribution in [2.45, 2.75) is 25.4 Å². The van der Waals surface area contributed by atoms with Crippen LogP contribution in [0.1, 0.15) is 40.4 Å². The second-order valence-electron chi connectivity index (χ2n) is 7.24. The Morgan fingerprint density at radius 3 is 2.72 bits per heavy atom. The number of likely N-dealkylation sites (tertiary alicyclic amines) is 1. The van der Waals surface area contributed by atoms with Crippen molar-refractivity contribution in [1.82, 2.24) is 29.4 Å². The number of amides is 1. The number of rotatable bonds is 4. The molecule has 0 bridgehead atoms. The van der Waals surface area contributed by atoms with Gasteiger partial charge in [-0.05, 0) is 42.2 Å². The number of hydrogen-bond donors (Lipinski definition) is 0. The molecule has 7 heteroatoms. The smallest absolute Gasteiger partial charge is 0.256 e. The third-order valence-corrected chi connectivity index (χ3v) is 5.36. The first-order valence-electron chi connectivity index (χ1n) is 9.70. The van der Waals surface area contributed by atoms with E-state index in [1.807, 2.05) is 52.2 Å². The van der Waals surface area contributed by atoms with Crippen LogP contribution in [0.25, 0.3) is 11.2 Å². The van der Waals surface area contributed by atoms with E-state index < -0.39 is 0 Å². The lowest BCUT2D eigenvalue weighted by Crippen LogP contribution is -2.30. The lowest BCUT2D eigenvalue weighted by molar-refractivity contribution is 0.0735. The Hall–Kier alpha value is -3.61. The van der Waals surface area contributed by atoms with Gasteiger partial charge in [0.15, 0.2) is 5.65 Å². The van der Waals surface area contributed by atoms with E-state index in [0.717, 1.165) is 41.7 Å². The predicted molar refractivity (Wildman–Crippen MR) is 108 cm³/mol. The second kappa shape index (κ2) is 7.43. The van der Waals surface area contributed by atoms with Crippen LogP contribution in [0.5, 0.6) is 0 Å². The Morgan fingerprint density at radius 1 is 1.07 bits per heavy atom. The van der Waals surface area contributed by atoms with E-state index in [1.165, 1.54) is 0 Å². The molecule has 1 unspecified atom stereocenters. The lowest BCUT2D eigenvalue weighted by atomic mass is 10.1. The third kappa shape index (κ3) is 3.35. The number of pyridine rings is 3. The fraction of sp³-hybridized carbons (Fsp3) is 0.227. The van der Waals surface area contributed by atoms with E-state index in [0.29, 0.717) is 12.1 Å². The maximum atomic E-state index is 13.2. The van der Waals surface area contributed by atoms with Crippen LogP contribution in [0.15, 0.2) is 67.6 Å². The molecule has 29 heavy (non-hydrogen) atoms. The molecule has 0 saturated carbocycles. The molecule has 0 spiro atoms. The number of carbonyl (C=O) groups excluding carboxylic acids is 1. The van der Waals surface area contributed by atoms with Crippen molar-refractivity contribution in [2.75, 3.05) is 6.54 Å². The van der Waals surface area contributed by atoms with Crippen molar-refractivity contribution in [3.05, 3.63) is 84.3 Å². The van der Waals surface area contributed by atoms with Gasteiger partial charge in [0, 0.05) is 37.5 Å². The lowest BCUT2D eigenvalue weighted by Gasteiger charge is -2.24. The zero-order valence-electron chi connectivity index (χ0n) is 15.8. The number of hydrogen-bond acceptors (Lipinski definition) is 5. The first kappa shape index (κ1) is 17.5. The molecule has 4 aromatic heterocycles. The molecule has 5 rings (SSSR count). The summed E-state index contributed by atoms with van der Waals surface area (Å²) in [6, 6.07) is 9.78. The fourth-order valence-electron chi connectivity index (χ4n) is 3.97. The third-order valence-electron chi connectivity index (χ3n) is 5.36. The van der Waals surface area contributed by atoms with Crippen molar-refractivity contribution in [3.63, 3.8) is 0 Å². The van der Waals surface area contributed by atoms with Crippen LogP contribution in [0.3, 0.4) is 0 Å². The fourth-order valence-corrected chi connectivity index (χ4v) is 3.97. The summed E-state index contributed by atoms with van der Waals surface area (Å²) in [7, 11) is 0. The number of nitrogens with zero attached hydrogens (tertiary/aromatic N) is 6. The maximum Gasteiger partial charge on any atom is 0.256 e. The minimum absolute atomic E-state index is 0.00689. The summed E-state index contributed by atoms with van der Waals surface area (Å²) in [5.74, 6) is -0.00689. The molecular weight excluding hydrogens is 364 g/mol. The van der Waals surface area contributed by atoms with Gasteiger partial charge in [0.05, 0.1) is 24.5 Å². The number of imidazole rings is 1. The first-order valence-corrected chi connectivity index (χ1v) is 9.70. The number of fused-ring (bicyclic) bond motifs is 1. The standard InChI is InChI=1S/C22H20N6O/c29-22(28-9-3-6-20(28)17-5-2-8-24-12-17)18-10-19-21(25-13-18)27(15-26-19)14-16-4-1-7-23-11-16/h1-2,4-5,7-8,10-13,15,20H,3,6,9,14H2. The second-order valence-corrected chi connectivity index (χ2v) is 7.24. The summed E-state index contributed by atoms with van der Waals surface area (Å²) in [6.07, 6.45) is 12.5. The quantitative estimate of drug-likeness (QED) is 0.540. The van der Waals surface area contributed by atoms with E-state index in [1.54, 1.807) is 24.9 Å². The van der Waals surface area contributed by atoms with Crippen LogP contribution < -0.4 is 0 Å². The van der Waals surface area contributed by atoms with Crippen LogP contribution in [-0.4, -0.2) is 41.9 Å². The van der Waals surface area contributed by atoms with Crippen LogP contribution in [-0.2, 0) is 6.54 Å². The molecule has 4 aromatic rings. The number of carbonyl (C=O) groups is 1. The van der Waals surface area contributed by atoms with Gasteiger partial charge in [0.2, 0.25) is 0 Å². The van der Waals surface area contributed by atoms with Crippen molar-refractivity contribution in [2.24, 2.45) is 0 Å². The van der Waals surface area contributed by atoms with Gasteiger partial charge in [0.1, 0.15) is 5.52 Å². The van der Waals surface area contributed by atoms with Crippen LogP contribution in [0.2, 0.25) is 0 Å². The van der Waals surface area contributed by atoms with Crippen molar-refractivity contribution >= 4 is 17.1 Å². The molecule has 1 amide bonds. The Morgan fingerprint density at radius 2 is 1.93 bits per heavy atom. The van der Waals surface area contributed by atoms with Crippen LogP contribution in [0.4, 0.5) is 0 Å². The van der Waals surface area contributed by atoms with E-state index in [2.05, 4.69) is 19.9 Å². The van der Waals surface area contributed by atoms with Crippen LogP contribution >= 0.6 is 0 Å². The molecule has 1 saturated heterocycles. The number of aromatic nitrogens is 5. The predicted octanol–water partition coefficient (Wildman–Crippen LogP) is 3.25. The average Bonchev–Trinajstić information content (AvgIpc) is 3.42. The summed E-state index contributed by atoms with van der Waals surface area (Å²) >= 11 is 0. The molecule has 1 fully saturated rings. The minimum atomic E-state index is -0.00689. The summed E-state index contributed by atoms with van der Waals surface area (Å²) in [5.41, 5.74) is 4.20. The van der Waals surface area contributed by atoms with Gasteiger partial charge < -0.3 is 9.47 Å². The van der Waals surface area contributed by atoms with Gasteiger partial charge in [-0.3, -0.25) is 14.8 Å². The molecule has 144 valence electrons. The molecular formula is C22H20N6O. The van der Waals surface area contributed by atoms with Gasteiger partial charge in [-0.2, -0.15) is 0 Å². The van der Waals surface area contributed by atoms with Gasteiger partial charge >= 0.3 is 0 Å². The maximum absolute atomic E-state index is 13.2. The molecule has 0 aromatic carbocycles. The van der Waals surface area contributed by atoms with E-state index in [9.17, 15) is 4.79 Å². The van der Waals surface area contributed by atoms with E-state index >= 15 is 0 Å². The van der Waals surface area contributed by atoms with E-state index in [4.69, 9.17) is 0 Å². The molecule has 0 aliphatic carbocycles. The van der Waals surface area contributed by atoms with Crippen LogP contribution in [0, 0.1) is 0 Å². The molecule has 0 radical (unpaired) electrons.